The Hall–Kier alpha value is -1.86. The highest BCUT2D eigenvalue weighted by Crippen LogP contribution is 2.10. The van der Waals surface area contributed by atoms with E-state index in [0.29, 0.717) is 5.56 Å². The first-order chi connectivity index (χ1) is 8.62. The molecule has 0 fully saturated rings. The second-order valence-corrected chi connectivity index (χ2v) is 4.08. The Morgan fingerprint density at radius 1 is 1.33 bits per heavy atom. The Bertz CT molecular complexity index is 429. The third-order valence-corrected chi connectivity index (χ3v) is 3.02. The third kappa shape index (κ3) is 3.57. The summed E-state index contributed by atoms with van der Waals surface area (Å²) in [5, 5.41) is 11.5. The van der Waals surface area contributed by atoms with E-state index in [1.165, 1.54) is 0 Å². The summed E-state index contributed by atoms with van der Waals surface area (Å²) in [6, 6.07) is 8.76. The summed E-state index contributed by atoms with van der Waals surface area (Å²) in [7, 11) is 0. The molecule has 0 spiro atoms. The van der Waals surface area contributed by atoms with Gasteiger partial charge in [-0.15, -0.1) is 0 Å². The highest BCUT2D eigenvalue weighted by molar-refractivity contribution is 5.94. The van der Waals surface area contributed by atoms with Crippen molar-refractivity contribution in [1.82, 2.24) is 4.90 Å². The monoisotopic (exact) mass is 245 g/mol. The molecule has 4 heteroatoms. The van der Waals surface area contributed by atoms with Crippen molar-refractivity contribution < 1.29 is 4.79 Å². The first-order valence-corrected chi connectivity index (χ1v) is 6.17. The predicted octanol–water partition coefficient (Wildman–Crippen LogP) is 2.23. The number of anilines is 1. The number of rotatable bonds is 5. The zero-order valence-corrected chi connectivity index (χ0v) is 11.1. The maximum atomic E-state index is 12.0. The highest BCUT2D eigenvalue weighted by Gasteiger charge is 2.18. The van der Waals surface area contributed by atoms with Gasteiger partial charge in [-0.1, -0.05) is 13.8 Å². The smallest absolute Gasteiger partial charge is 0.241 e. The molecule has 0 aliphatic rings. The van der Waals surface area contributed by atoms with Crippen molar-refractivity contribution in [1.29, 1.82) is 5.26 Å². The number of likely N-dealkylation sites (N-methyl/N-ethyl adjacent to an activating group) is 1. The van der Waals surface area contributed by atoms with Crippen LogP contribution in [0.25, 0.3) is 0 Å². The van der Waals surface area contributed by atoms with Crippen LogP contribution in [0.15, 0.2) is 24.3 Å². The SMILES string of the molecule is CCN(CC)C(C)C(=O)Nc1ccc(C#N)cc1. The van der Waals surface area contributed by atoms with Gasteiger partial charge < -0.3 is 5.32 Å². The molecule has 1 atom stereocenters. The zero-order valence-electron chi connectivity index (χ0n) is 11.1. The van der Waals surface area contributed by atoms with Crippen LogP contribution in [0.2, 0.25) is 0 Å². The van der Waals surface area contributed by atoms with Crippen LogP contribution >= 0.6 is 0 Å². The second-order valence-electron chi connectivity index (χ2n) is 4.08. The van der Waals surface area contributed by atoms with E-state index in [0.717, 1.165) is 18.8 Å². The molecule has 0 bridgehead atoms. The van der Waals surface area contributed by atoms with Gasteiger partial charge in [-0.25, -0.2) is 0 Å². The normalized spacial score (nSPS) is 11.9. The van der Waals surface area contributed by atoms with Crippen LogP contribution in [-0.2, 0) is 4.79 Å². The van der Waals surface area contributed by atoms with E-state index < -0.39 is 0 Å². The van der Waals surface area contributed by atoms with E-state index >= 15 is 0 Å². The van der Waals surface area contributed by atoms with Gasteiger partial charge in [-0.3, -0.25) is 9.69 Å². The molecule has 0 saturated carbocycles. The minimum atomic E-state index is -0.157. The Balaban J connectivity index is 2.66. The molecule has 4 nitrogen and oxygen atoms in total. The van der Waals surface area contributed by atoms with Gasteiger partial charge in [-0.05, 0) is 44.3 Å². The number of nitrogens with zero attached hydrogens (tertiary/aromatic N) is 2. The molecule has 0 aliphatic carbocycles. The van der Waals surface area contributed by atoms with Gasteiger partial charge >= 0.3 is 0 Å². The molecule has 1 aromatic carbocycles. The molecule has 1 amide bonds. The largest absolute Gasteiger partial charge is 0.325 e. The van der Waals surface area contributed by atoms with E-state index in [1.54, 1.807) is 24.3 Å². The van der Waals surface area contributed by atoms with E-state index in [2.05, 4.69) is 10.2 Å². The summed E-state index contributed by atoms with van der Waals surface area (Å²) in [4.78, 5) is 14.1. The van der Waals surface area contributed by atoms with Gasteiger partial charge in [0, 0.05) is 5.69 Å². The molecule has 0 aromatic heterocycles. The quantitative estimate of drug-likeness (QED) is 0.865. The Labute approximate surface area is 108 Å². The number of benzene rings is 1. The maximum Gasteiger partial charge on any atom is 0.241 e. The molecule has 0 radical (unpaired) electrons. The van der Waals surface area contributed by atoms with Gasteiger partial charge in [0.05, 0.1) is 17.7 Å². The van der Waals surface area contributed by atoms with Crippen molar-refractivity contribution in [2.24, 2.45) is 0 Å². The number of carbonyl (C=O) groups excluding carboxylic acids is 1. The molecule has 0 saturated heterocycles. The van der Waals surface area contributed by atoms with Gasteiger partial charge in [0.2, 0.25) is 5.91 Å². The first kappa shape index (κ1) is 14.2. The fraction of sp³-hybridized carbons (Fsp3) is 0.429. The molecular weight excluding hydrogens is 226 g/mol. The van der Waals surface area contributed by atoms with Gasteiger partial charge in [0.15, 0.2) is 0 Å². The lowest BCUT2D eigenvalue weighted by atomic mass is 10.2. The van der Waals surface area contributed by atoms with Gasteiger partial charge in [0.25, 0.3) is 0 Å². The molecule has 96 valence electrons. The lowest BCUT2D eigenvalue weighted by Crippen LogP contribution is -2.41. The number of nitrogens with one attached hydrogen (secondary N) is 1. The van der Waals surface area contributed by atoms with E-state index in [-0.39, 0.29) is 11.9 Å². The fourth-order valence-corrected chi connectivity index (χ4v) is 1.81. The van der Waals surface area contributed by atoms with Crippen molar-refractivity contribution in [2.75, 3.05) is 18.4 Å². The molecule has 0 heterocycles. The molecule has 1 N–H and O–H groups in total. The summed E-state index contributed by atoms with van der Waals surface area (Å²) in [6.07, 6.45) is 0. The van der Waals surface area contributed by atoms with Gasteiger partial charge in [-0.2, -0.15) is 5.26 Å². The number of amides is 1. The van der Waals surface area contributed by atoms with Crippen molar-refractivity contribution in [2.45, 2.75) is 26.8 Å². The summed E-state index contributed by atoms with van der Waals surface area (Å²) >= 11 is 0. The maximum absolute atomic E-state index is 12.0. The van der Waals surface area contributed by atoms with Crippen LogP contribution in [0.1, 0.15) is 26.3 Å². The van der Waals surface area contributed by atoms with Crippen molar-refractivity contribution in [3.8, 4) is 6.07 Å². The summed E-state index contributed by atoms with van der Waals surface area (Å²) in [5.41, 5.74) is 1.31. The highest BCUT2D eigenvalue weighted by atomic mass is 16.2. The minimum Gasteiger partial charge on any atom is -0.325 e. The fourth-order valence-electron chi connectivity index (χ4n) is 1.81. The van der Waals surface area contributed by atoms with Crippen LogP contribution in [0.3, 0.4) is 0 Å². The van der Waals surface area contributed by atoms with E-state index in [1.807, 2.05) is 26.8 Å². The number of carbonyl (C=O) groups is 1. The average Bonchev–Trinajstić information content (AvgIpc) is 2.40. The van der Waals surface area contributed by atoms with Crippen LogP contribution in [0, 0.1) is 11.3 Å². The summed E-state index contributed by atoms with van der Waals surface area (Å²) in [6.45, 7) is 7.66. The standard InChI is InChI=1S/C14H19N3O/c1-4-17(5-2)11(3)14(18)16-13-8-6-12(10-15)7-9-13/h6-9,11H,4-5H2,1-3H3,(H,16,18). The predicted molar refractivity (Wildman–Crippen MR) is 72.2 cm³/mol. The first-order valence-electron chi connectivity index (χ1n) is 6.17. The Morgan fingerprint density at radius 3 is 2.33 bits per heavy atom. The topological polar surface area (TPSA) is 56.1 Å². The Kier molecular flexibility index (Phi) is 5.34. The molecule has 18 heavy (non-hydrogen) atoms. The minimum absolute atomic E-state index is 0.0246. The number of hydrogen-bond acceptors (Lipinski definition) is 3. The summed E-state index contributed by atoms with van der Waals surface area (Å²) < 4.78 is 0. The molecular formula is C14H19N3O. The van der Waals surface area contributed by atoms with Crippen LogP contribution in [-0.4, -0.2) is 29.9 Å². The number of nitriles is 1. The number of hydrogen-bond donors (Lipinski definition) is 1. The van der Waals surface area contributed by atoms with Gasteiger partial charge in [0.1, 0.15) is 0 Å². The molecule has 1 aromatic rings. The molecule has 0 aliphatic heterocycles. The molecule has 1 unspecified atom stereocenters. The van der Waals surface area contributed by atoms with Crippen molar-refractivity contribution >= 4 is 11.6 Å². The zero-order chi connectivity index (χ0) is 13.5. The second kappa shape index (κ2) is 6.77. The van der Waals surface area contributed by atoms with Crippen LogP contribution in [0.4, 0.5) is 5.69 Å². The lowest BCUT2D eigenvalue weighted by molar-refractivity contribution is -0.120. The third-order valence-electron chi connectivity index (χ3n) is 3.02. The van der Waals surface area contributed by atoms with Crippen LogP contribution in [0.5, 0.6) is 0 Å². The van der Waals surface area contributed by atoms with E-state index in [9.17, 15) is 4.79 Å². The Morgan fingerprint density at radius 2 is 1.89 bits per heavy atom. The average molecular weight is 245 g/mol. The van der Waals surface area contributed by atoms with Crippen molar-refractivity contribution in [3.05, 3.63) is 29.8 Å². The summed E-state index contributed by atoms with van der Waals surface area (Å²) in [5.74, 6) is -0.0246. The lowest BCUT2D eigenvalue weighted by Gasteiger charge is -2.25. The van der Waals surface area contributed by atoms with Crippen molar-refractivity contribution in [3.63, 3.8) is 0 Å². The van der Waals surface area contributed by atoms with Crippen LogP contribution < -0.4 is 5.32 Å². The van der Waals surface area contributed by atoms with E-state index in [4.69, 9.17) is 5.26 Å². The molecule has 1 rings (SSSR count).